The first-order valence-corrected chi connectivity index (χ1v) is 6.74. The third-order valence-electron chi connectivity index (χ3n) is 3.17. The molecule has 1 N–H and O–H groups in total. The number of aromatic nitrogens is 4. The average molecular weight is 297 g/mol. The van der Waals surface area contributed by atoms with Gasteiger partial charge in [0.15, 0.2) is 0 Å². The molecule has 2 heterocycles. The smallest absolute Gasteiger partial charge is 0.322 e. The Hall–Kier alpha value is -2.96. The fourth-order valence-corrected chi connectivity index (χ4v) is 2.25. The second-order valence-electron chi connectivity index (χ2n) is 5.08. The number of benzene rings is 1. The molecule has 0 aliphatic rings. The van der Waals surface area contributed by atoms with Crippen LogP contribution in [0.25, 0.3) is 11.5 Å². The average Bonchev–Trinajstić information content (AvgIpc) is 3.06. The van der Waals surface area contributed by atoms with Gasteiger partial charge in [-0.2, -0.15) is 5.10 Å². The second-order valence-corrected chi connectivity index (χ2v) is 5.08. The lowest BCUT2D eigenvalue weighted by atomic mass is 10.1. The molecule has 3 rings (SSSR count). The summed E-state index contributed by atoms with van der Waals surface area (Å²) in [6.07, 6.45) is 1.55. The van der Waals surface area contributed by atoms with Crippen molar-refractivity contribution in [1.29, 1.82) is 0 Å². The van der Waals surface area contributed by atoms with Gasteiger partial charge in [-0.3, -0.25) is 14.8 Å². The van der Waals surface area contributed by atoms with E-state index in [0.717, 1.165) is 16.7 Å². The summed E-state index contributed by atoms with van der Waals surface area (Å²) in [5, 5.41) is 14.3. The zero-order valence-electron chi connectivity index (χ0n) is 12.5. The van der Waals surface area contributed by atoms with Gasteiger partial charge in [-0.25, -0.2) is 0 Å². The Balaban J connectivity index is 1.82. The molecule has 0 atom stereocenters. The minimum Gasteiger partial charge on any atom is -0.403 e. The van der Waals surface area contributed by atoms with Gasteiger partial charge in [0.25, 0.3) is 5.91 Å². The van der Waals surface area contributed by atoms with E-state index in [0.29, 0.717) is 11.6 Å². The molecule has 0 saturated carbocycles. The van der Waals surface area contributed by atoms with Crippen molar-refractivity contribution >= 4 is 11.9 Å². The topological polar surface area (TPSA) is 85.8 Å². The number of anilines is 1. The summed E-state index contributed by atoms with van der Waals surface area (Å²) in [5.41, 5.74) is 3.44. The van der Waals surface area contributed by atoms with E-state index in [4.69, 9.17) is 4.42 Å². The van der Waals surface area contributed by atoms with E-state index in [2.05, 4.69) is 26.7 Å². The quantitative estimate of drug-likeness (QED) is 0.802. The Labute approximate surface area is 127 Å². The fourth-order valence-electron chi connectivity index (χ4n) is 2.25. The first kappa shape index (κ1) is 14.0. The maximum Gasteiger partial charge on any atom is 0.322 e. The van der Waals surface area contributed by atoms with Crippen LogP contribution < -0.4 is 5.32 Å². The van der Waals surface area contributed by atoms with Crippen LogP contribution in [-0.2, 0) is 7.05 Å². The van der Waals surface area contributed by atoms with Crippen molar-refractivity contribution in [3.05, 3.63) is 47.3 Å². The number of amides is 1. The van der Waals surface area contributed by atoms with Crippen LogP contribution >= 0.6 is 0 Å². The molecule has 0 aliphatic carbocycles. The van der Waals surface area contributed by atoms with E-state index in [1.54, 1.807) is 19.3 Å². The Bertz CT molecular complexity index is 814. The largest absolute Gasteiger partial charge is 0.403 e. The lowest BCUT2D eigenvalue weighted by Crippen LogP contribution is -2.16. The summed E-state index contributed by atoms with van der Waals surface area (Å²) in [6.45, 7) is 4.00. The first-order chi connectivity index (χ1) is 10.5. The van der Waals surface area contributed by atoms with Crippen LogP contribution in [0.4, 0.5) is 6.01 Å². The number of carbonyl (C=O) groups excluding carboxylic acids is 1. The van der Waals surface area contributed by atoms with Gasteiger partial charge in [-0.15, -0.1) is 5.10 Å². The summed E-state index contributed by atoms with van der Waals surface area (Å²) < 4.78 is 6.97. The van der Waals surface area contributed by atoms with E-state index >= 15 is 0 Å². The number of aryl methyl sites for hydroxylation is 3. The van der Waals surface area contributed by atoms with E-state index in [-0.39, 0.29) is 11.9 Å². The Morgan fingerprint density at radius 3 is 2.55 bits per heavy atom. The minimum atomic E-state index is -0.351. The first-order valence-electron chi connectivity index (χ1n) is 6.74. The van der Waals surface area contributed by atoms with E-state index < -0.39 is 0 Å². The number of carbonyl (C=O) groups is 1. The maximum atomic E-state index is 12.1. The summed E-state index contributed by atoms with van der Waals surface area (Å²) in [5.74, 6) is 0.0164. The summed E-state index contributed by atoms with van der Waals surface area (Å²) in [4.78, 5) is 12.1. The highest BCUT2D eigenvalue weighted by Crippen LogP contribution is 2.22. The third kappa shape index (κ3) is 2.73. The fraction of sp³-hybridized carbons (Fsp3) is 0.200. The van der Waals surface area contributed by atoms with Crippen molar-refractivity contribution in [2.24, 2.45) is 7.05 Å². The molecule has 1 aromatic carbocycles. The van der Waals surface area contributed by atoms with Crippen LogP contribution in [-0.4, -0.2) is 25.9 Å². The van der Waals surface area contributed by atoms with Crippen LogP contribution in [0.1, 0.15) is 21.6 Å². The third-order valence-corrected chi connectivity index (χ3v) is 3.17. The molecule has 7 nitrogen and oxygen atoms in total. The number of nitrogens with zero attached hydrogens (tertiary/aromatic N) is 4. The van der Waals surface area contributed by atoms with E-state index in [1.807, 2.05) is 26.0 Å². The van der Waals surface area contributed by atoms with Gasteiger partial charge in [-0.1, -0.05) is 22.3 Å². The van der Waals surface area contributed by atoms with Crippen molar-refractivity contribution in [2.75, 3.05) is 5.32 Å². The minimum absolute atomic E-state index is 0.0559. The Morgan fingerprint density at radius 1 is 1.18 bits per heavy atom. The zero-order chi connectivity index (χ0) is 15.7. The van der Waals surface area contributed by atoms with E-state index in [1.165, 1.54) is 4.68 Å². The van der Waals surface area contributed by atoms with Crippen LogP contribution in [0.3, 0.4) is 0 Å². The lowest BCUT2D eigenvalue weighted by molar-refractivity contribution is 0.101. The molecule has 2 aromatic heterocycles. The molecule has 0 radical (unpaired) electrons. The Morgan fingerprint density at radius 2 is 1.91 bits per heavy atom. The molecule has 0 aliphatic heterocycles. The number of hydrogen-bond donors (Lipinski definition) is 1. The molecule has 3 aromatic rings. The van der Waals surface area contributed by atoms with Crippen molar-refractivity contribution in [3.63, 3.8) is 0 Å². The normalized spacial score (nSPS) is 10.7. The van der Waals surface area contributed by atoms with E-state index in [9.17, 15) is 4.79 Å². The van der Waals surface area contributed by atoms with Gasteiger partial charge in [0, 0.05) is 18.8 Å². The second kappa shape index (κ2) is 5.44. The molecule has 0 saturated heterocycles. The molecule has 0 unspecified atom stereocenters. The number of hydrogen-bond acceptors (Lipinski definition) is 5. The molecule has 112 valence electrons. The van der Waals surface area contributed by atoms with Crippen LogP contribution in [0.5, 0.6) is 0 Å². The molecule has 1 amide bonds. The molecule has 0 fully saturated rings. The Kier molecular flexibility index (Phi) is 3.46. The van der Waals surface area contributed by atoms with Crippen molar-refractivity contribution in [3.8, 4) is 11.5 Å². The summed E-state index contributed by atoms with van der Waals surface area (Å²) in [7, 11) is 1.68. The molecule has 0 bridgehead atoms. The van der Waals surface area contributed by atoms with Gasteiger partial charge in [0.05, 0.1) is 0 Å². The molecular weight excluding hydrogens is 282 g/mol. The molecule has 22 heavy (non-hydrogen) atoms. The van der Waals surface area contributed by atoms with Crippen LogP contribution in [0.15, 0.2) is 34.9 Å². The highest BCUT2D eigenvalue weighted by Gasteiger charge is 2.15. The van der Waals surface area contributed by atoms with Crippen molar-refractivity contribution in [2.45, 2.75) is 13.8 Å². The standard InChI is InChI=1S/C15H15N5O2/c1-9-6-10(2)8-11(7-9)14-18-19-15(22-14)17-13(21)12-4-5-16-20(12)3/h4-8H,1-3H3,(H,17,19,21). The molecule has 7 heteroatoms. The maximum absolute atomic E-state index is 12.1. The lowest BCUT2D eigenvalue weighted by Gasteiger charge is -2.01. The SMILES string of the molecule is Cc1cc(C)cc(-c2nnc(NC(=O)c3ccnn3C)o2)c1. The van der Waals surface area contributed by atoms with Gasteiger partial charge in [0.1, 0.15) is 5.69 Å². The summed E-state index contributed by atoms with van der Waals surface area (Å²) >= 11 is 0. The number of rotatable bonds is 3. The molecular formula is C15H15N5O2. The number of nitrogens with one attached hydrogen (secondary N) is 1. The monoisotopic (exact) mass is 297 g/mol. The van der Waals surface area contributed by atoms with Gasteiger partial charge < -0.3 is 4.42 Å². The zero-order valence-corrected chi connectivity index (χ0v) is 12.5. The van der Waals surface area contributed by atoms with Crippen LogP contribution in [0.2, 0.25) is 0 Å². The highest BCUT2D eigenvalue weighted by atomic mass is 16.4. The van der Waals surface area contributed by atoms with Gasteiger partial charge >= 0.3 is 6.01 Å². The predicted molar refractivity (Wildman–Crippen MR) is 80.4 cm³/mol. The van der Waals surface area contributed by atoms with Gasteiger partial charge in [-0.05, 0) is 32.0 Å². The summed E-state index contributed by atoms with van der Waals surface area (Å²) in [6, 6.07) is 7.63. The van der Waals surface area contributed by atoms with Gasteiger partial charge in [0.2, 0.25) is 5.89 Å². The highest BCUT2D eigenvalue weighted by molar-refractivity contribution is 6.01. The van der Waals surface area contributed by atoms with Crippen molar-refractivity contribution in [1.82, 2.24) is 20.0 Å². The van der Waals surface area contributed by atoms with Crippen molar-refractivity contribution < 1.29 is 9.21 Å². The molecule has 0 spiro atoms. The predicted octanol–water partition coefficient (Wildman–Crippen LogP) is 2.34. The van der Waals surface area contributed by atoms with Crippen LogP contribution in [0, 0.1) is 13.8 Å².